The Morgan fingerprint density at radius 2 is 2.10 bits per heavy atom. The van der Waals surface area contributed by atoms with Gasteiger partial charge >= 0.3 is 0 Å². The number of aromatic nitrogens is 1. The normalized spacial score (nSPS) is 31.1. The number of sulfonamides is 1. The lowest BCUT2D eigenvalue weighted by Crippen LogP contribution is -2.54. The van der Waals surface area contributed by atoms with Gasteiger partial charge in [0, 0.05) is 19.0 Å². The maximum absolute atomic E-state index is 12.8. The molecular formula is C14H22N2O4S. The van der Waals surface area contributed by atoms with Crippen LogP contribution in [0.4, 0.5) is 0 Å². The minimum atomic E-state index is -3.59. The van der Waals surface area contributed by atoms with Crippen molar-refractivity contribution in [3.05, 3.63) is 11.5 Å². The minimum Gasteiger partial charge on any atom is -0.390 e. The molecule has 0 spiro atoms. The van der Waals surface area contributed by atoms with E-state index in [0.717, 1.165) is 25.7 Å². The molecule has 1 saturated heterocycles. The van der Waals surface area contributed by atoms with Crippen molar-refractivity contribution in [3.8, 4) is 0 Å². The molecule has 118 valence electrons. The summed E-state index contributed by atoms with van der Waals surface area (Å²) in [6.07, 6.45) is 4.29. The molecule has 2 fully saturated rings. The first-order valence-electron chi connectivity index (χ1n) is 7.50. The molecule has 1 aliphatic carbocycles. The molecule has 2 atom stereocenters. The van der Waals surface area contributed by atoms with Crippen molar-refractivity contribution >= 4 is 10.0 Å². The van der Waals surface area contributed by atoms with Gasteiger partial charge in [0.15, 0.2) is 5.76 Å². The molecule has 0 bridgehead atoms. The molecule has 0 amide bonds. The van der Waals surface area contributed by atoms with Crippen LogP contribution in [0.25, 0.3) is 0 Å². The molecule has 21 heavy (non-hydrogen) atoms. The Kier molecular flexibility index (Phi) is 3.62. The quantitative estimate of drug-likeness (QED) is 0.896. The van der Waals surface area contributed by atoms with E-state index in [4.69, 9.17) is 4.52 Å². The van der Waals surface area contributed by atoms with Crippen molar-refractivity contribution in [2.75, 3.05) is 13.1 Å². The van der Waals surface area contributed by atoms with Gasteiger partial charge in [0.2, 0.25) is 10.0 Å². The fourth-order valence-electron chi connectivity index (χ4n) is 3.73. The Labute approximate surface area is 125 Å². The highest BCUT2D eigenvalue weighted by Gasteiger charge is 2.46. The maximum Gasteiger partial charge on any atom is 0.248 e. The van der Waals surface area contributed by atoms with Gasteiger partial charge in [-0.05, 0) is 33.1 Å². The summed E-state index contributed by atoms with van der Waals surface area (Å²) in [4.78, 5) is 0.184. The molecule has 1 aromatic rings. The fraction of sp³-hybridized carbons (Fsp3) is 0.786. The lowest BCUT2D eigenvalue weighted by molar-refractivity contribution is -0.0816. The monoisotopic (exact) mass is 314 g/mol. The zero-order valence-electron chi connectivity index (χ0n) is 12.5. The van der Waals surface area contributed by atoms with E-state index in [2.05, 4.69) is 5.16 Å². The lowest BCUT2D eigenvalue weighted by Gasteiger charge is -2.46. The standard InChI is InChI=1S/C14H22N2O4S/c1-10-13(11(2)20-15-10)21(18,19)16-8-7-14(17)6-4-3-5-12(14)9-16/h12,17H,3-9H2,1-2H3/t12-,14+/m1/s1. The molecule has 7 heteroatoms. The molecule has 1 aromatic heterocycles. The molecule has 0 unspecified atom stereocenters. The summed E-state index contributed by atoms with van der Waals surface area (Å²) in [5.41, 5.74) is -0.278. The second kappa shape index (κ2) is 5.07. The van der Waals surface area contributed by atoms with Crippen molar-refractivity contribution in [1.82, 2.24) is 9.46 Å². The molecule has 1 N–H and O–H groups in total. The van der Waals surface area contributed by atoms with Crippen LogP contribution in [0, 0.1) is 19.8 Å². The summed E-state index contributed by atoms with van der Waals surface area (Å²) in [6, 6.07) is 0. The van der Waals surface area contributed by atoms with Gasteiger partial charge < -0.3 is 9.63 Å². The Morgan fingerprint density at radius 3 is 2.76 bits per heavy atom. The number of aryl methyl sites for hydroxylation is 2. The van der Waals surface area contributed by atoms with Gasteiger partial charge in [-0.1, -0.05) is 18.0 Å². The average Bonchev–Trinajstić information content (AvgIpc) is 2.77. The van der Waals surface area contributed by atoms with Crippen LogP contribution in [0.15, 0.2) is 9.42 Å². The Hall–Kier alpha value is -0.920. The zero-order valence-corrected chi connectivity index (χ0v) is 13.3. The third-order valence-corrected chi connectivity index (χ3v) is 7.07. The molecule has 2 aliphatic rings. The van der Waals surface area contributed by atoms with E-state index >= 15 is 0 Å². The van der Waals surface area contributed by atoms with Crippen molar-refractivity contribution in [1.29, 1.82) is 0 Å². The first-order valence-corrected chi connectivity index (χ1v) is 8.94. The highest BCUT2D eigenvalue weighted by Crippen LogP contribution is 2.41. The molecular weight excluding hydrogens is 292 g/mol. The first kappa shape index (κ1) is 15.0. The Bertz CT molecular complexity index is 620. The number of rotatable bonds is 2. The van der Waals surface area contributed by atoms with Crippen molar-refractivity contribution in [2.24, 2.45) is 5.92 Å². The predicted octanol–water partition coefficient (Wildman–Crippen LogP) is 1.61. The number of fused-ring (bicyclic) bond motifs is 1. The van der Waals surface area contributed by atoms with Crippen LogP contribution in [0.2, 0.25) is 0 Å². The Morgan fingerprint density at radius 1 is 1.33 bits per heavy atom. The summed E-state index contributed by atoms with van der Waals surface area (Å²) in [6.45, 7) is 4.01. The smallest absolute Gasteiger partial charge is 0.248 e. The van der Waals surface area contributed by atoms with Gasteiger partial charge in [0.05, 0.1) is 5.60 Å². The minimum absolute atomic E-state index is 0.0373. The van der Waals surface area contributed by atoms with Gasteiger partial charge in [-0.2, -0.15) is 4.31 Å². The first-order chi connectivity index (χ1) is 9.84. The number of piperidine rings is 1. The second-order valence-corrected chi connectivity index (χ2v) is 8.19. The van der Waals surface area contributed by atoms with Gasteiger partial charge in [-0.25, -0.2) is 8.42 Å². The SMILES string of the molecule is Cc1noc(C)c1S(=O)(=O)N1CC[C@@]2(O)CCCC[C@@H]2C1. The van der Waals surface area contributed by atoms with Gasteiger partial charge in [0.25, 0.3) is 0 Å². The molecule has 1 saturated carbocycles. The summed E-state index contributed by atoms with van der Waals surface area (Å²) >= 11 is 0. The van der Waals surface area contributed by atoms with Crippen molar-refractivity contribution in [2.45, 2.75) is 56.4 Å². The van der Waals surface area contributed by atoms with Crippen LogP contribution in [-0.4, -0.2) is 41.7 Å². The van der Waals surface area contributed by atoms with E-state index in [1.165, 1.54) is 4.31 Å². The van der Waals surface area contributed by atoms with Crippen LogP contribution in [0.3, 0.4) is 0 Å². The van der Waals surface area contributed by atoms with Crippen LogP contribution < -0.4 is 0 Å². The van der Waals surface area contributed by atoms with E-state index in [1.54, 1.807) is 13.8 Å². The predicted molar refractivity (Wildman–Crippen MR) is 76.3 cm³/mol. The van der Waals surface area contributed by atoms with E-state index in [1.807, 2.05) is 0 Å². The number of nitrogens with zero attached hydrogens (tertiary/aromatic N) is 2. The van der Waals surface area contributed by atoms with Gasteiger partial charge in [0.1, 0.15) is 10.6 Å². The van der Waals surface area contributed by atoms with E-state index in [0.29, 0.717) is 31.0 Å². The summed E-state index contributed by atoms with van der Waals surface area (Å²) < 4.78 is 32.1. The van der Waals surface area contributed by atoms with Crippen LogP contribution >= 0.6 is 0 Å². The zero-order chi connectivity index (χ0) is 15.3. The largest absolute Gasteiger partial charge is 0.390 e. The Balaban J connectivity index is 1.88. The third-order valence-electron chi connectivity index (χ3n) is 4.96. The van der Waals surface area contributed by atoms with Gasteiger partial charge in [-0.3, -0.25) is 0 Å². The van der Waals surface area contributed by atoms with E-state index < -0.39 is 15.6 Å². The topological polar surface area (TPSA) is 83.6 Å². The van der Waals surface area contributed by atoms with Gasteiger partial charge in [-0.15, -0.1) is 0 Å². The summed E-state index contributed by atoms with van der Waals surface area (Å²) in [7, 11) is -3.59. The molecule has 0 radical (unpaired) electrons. The summed E-state index contributed by atoms with van der Waals surface area (Å²) in [5.74, 6) is 0.368. The van der Waals surface area contributed by atoms with Crippen molar-refractivity contribution in [3.63, 3.8) is 0 Å². The van der Waals surface area contributed by atoms with E-state index in [-0.39, 0.29) is 10.8 Å². The van der Waals surface area contributed by atoms with Crippen LogP contribution in [-0.2, 0) is 10.0 Å². The molecule has 3 rings (SSSR count). The molecule has 2 heterocycles. The highest BCUT2D eigenvalue weighted by molar-refractivity contribution is 7.89. The molecule has 1 aliphatic heterocycles. The number of hydrogen-bond acceptors (Lipinski definition) is 5. The summed E-state index contributed by atoms with van der Waals surface area (Å²) in [5, 5.41) is 14.4. The average molecular weight is 314 g/mol. The molecule has 0 aromatic carbocycles. The van der Waals surface area contributed by atoms with Crippen LogP contribution in [0.1, 0.15) is 43.6 Å². The number of hydrogen-bond donors (Lipinski definition) is 1. The lowest BCUT2D eigenvalue weighted by atomic mass is 9.72. The highest BCUT2D eigenvalue weighted by atomic mass is 32.2. The maximum atomic E-state index is 12.8. The van der Waals surface area contributed by atoms with Crippen LogP contribution in [0.5, 0.6) is 0 Å². The van der Waals surface area contributed by atoms with Crippen molar-refractivity contribution < 1.29 is 18.0 Å². The fourth-order valence-corrected chi connectivity index (χ4v) is 5.51. The number of aliphatic hydroxyl groups is 1. The second-order valence-electron chi connectivity index (χ2n) is 6.31. The van der Waals surface area contributed by atoms with E-state index in [9.17, 15) is 13.5 Å². The molecule has 6 nitrogen and oxygen atoms in total. The third kappa shape index (κ3) is 2.41.